The predicted molar refractivity (Wildman–Crippen MR) is 122 cm³/mol. The minimum atomic E-state index is -0.662. The number of thiazole rings is 1. The topological polar surface area (TPSA) is 62.5 Å². The van der Waals surface area contributed by atoms with Crippen molar-refractivity contribution in [1.29, 1.82) is 0 Å². The summed E-state index contributed by atoms with van der Waals surface area (Å²) in [5.41, 5.74) is 8.20. The number of rotatable bonds is 8. The number of carbonyl (C=O) groups is 1. The van der Waals surface area contributed by atoms with Crippen LogP contribution in [0.1, 0.15) is 26.0 Å². The fourth-order valence-electron chi connectivity index (χ4n) is 3.19. The third kappa shape index (κ3) is 5.86. The summed E-state index contributed by atoms with van der Waals surface area (Å²) >= 11 is 1.42. The van der Waals surface area contributed by atoms with Crippen molar-refractivity contribution in [3.63, 3.8) is 0 Å². The first-order valence-corrected chi connectivity index (χ1v) is 10.9. The third-order valence-electron chi connectivity index (χ3n) is 4.81. The zero-order chi connectivity index (χ0) is 22.5. The van der Waals surface area contributed by atoms with Crippen molar-refractivity contribution in [3.05, 3.63) is 71.2 Å². The van der Waals surface area contributed by atoms with E-state index in [1.54, 1.807) is 29.2 Å². The van der Waals surface area contributed by atoms with E-state index < -0.39 is 6.04 Å². The van der Waals surface area contributed by atoms with E-state index in [-0.39, 0.29) is 30.0 Å². The molecule has 1 amide bonds. The van der Waals surface area contributed by atoms with Gasteiger partial charge in [0.2, 0.25) is 5.91 Å². The smallest absolute Gasteiger partial charge is 0.244 e. The fourth-order valence-corrected chi connectivity index (χ4v) is 3.99. The van der Waals surface area contributed by atoms with Crippen LogP contribution >= 0.6 is 11.3 Å². The largest absolute Gasteiger partial charge is 0.321 e. The van der Waals surface area contributed by atoms with Gasteiger partial charge in [-0.1, -0.05) is 13.8 Å². The molecule has 0 spiro atoms. The quantitative estimate of drug-likeness (QED) is 0.525. The molecule has 0 saturated heterocycles. The highest BCUT2D eigenvalue weighted by Gasteiger charge is 2.24. The monoisotopic (exact) mass is 444 g/mol. The van der Waals surface area contributed by atoms with Crippen molar-refractivity contribution in [3.8, 4) is 0 Å². The predicted octanol–water partition coefficient (Wildman–Crippen LogP) is 5.10. The lowest BCUT2D eigenvalue weighted by molar-refractivity contribution is -0.120. The van der Waals surface area contributed by atoms with Gasteiger partial charge in [-0.25, -0.2) is 13.8 Å². The van der Waals surface area contributed by atoms with Crippen LogP contribution in [0.5, 0.6) is 0 Å². The Kier molecular flexibility index (Phi) is 7.35. The van der Waals surface area contributed by atoms with Crippen molar-refractivity contribution >= 4 is 33.8 Å². The molecule has 0 saturated carbocycles. The summed E-state index contributed by atoms with van der Waals surface area (Å²) in [4.78, 5) is 21.1. The van der Waals surface area contributed by atoms with Crippen LogP contribution in [0.4, 0.5) is 25.3 Å². The molecule has 8 heteroatoms. The van der Waals surface area contributed by atoms with Gasteiger partial charge >= 0.3 is 0 Å². The van der Waals surface area contributed by atoms with Crippen LogP contribution in [-0.4, -0.2) is 24.0 Å². The summed E-state index contributed by atoms with van der Waals surface area (Å²) in [5.74, 6) is -0.645. The van der Waals surface area contributed by atoms with Gasteiger partial charge in [-0.2, -0.15) is 0 Å². The highest BCUT2D eigenvalue weighted by molar-refractivity contribution is 7.13. The molecule has 0 aliphatic heterocycles. The summed E-state index contributed by atoms with van der Waals surface area (Å²) in [5, 5.41) is 2.58. The minimum absolute atomic E-state index is 0.212. The lowest BCUT2D eigenvalue weighted by Gasteiger charge is -2.26. The number of amides is 1. The van der Waals surface area contributed by atoms with Crippen LogP contribution in [0.25, 0.3) is 0 Å². The zero-order valence-electron chi connectivity index (χ0n) is 17.8. The Balaban J connectivity index is 1.83. The number of nitrogens with zero attached hydrogens (tertiary/aromatic N) is 3. The average molecular weight is 445 g/mol. The minimum Gasteiger partial charge on any atom is -0.321 e. The molecule has 0 bridgehead atoms. The number of hydrogen-bond donors (Lipinski definition) is 1. The summed E-state index contributed by atoms with van der Waals surface area (Å²) in [6.07, 6.45) is 0.548. The van der Waals surface area contributed by atoms with E-state index >= 15 is 0 Å². The number of hydrogen-bond acceptors (Lipinski definition) is 5. The fraction of sp³-hybridized carbons (Fsp3) is 0.304. The average Bonchev–Trinajstić information content (AvgIpc) is 3.20. The summed E-state index contributed by atoms with van der Waals surface area (Å²) in [7, 11) is 1.84. The highest BCUT2D eigenvalue weighted by Crippen LogP contribution is 2.28. The molecule has 164 valence electrons. The zero-order valence-corrected chi connectivity index (χ0v) is 18.6. The Morgan fingerprint density at radius 3 is 2.13 bits per heavy atom. The Bertz CT molecular complexity index is 1010. The van der Waals surface area contributed by atoms with E-state index in [4.69, 9.17) is 5.73 Å². The number of halogens is 2. The molecule has 0 aliphatic rings. The van der Waals surface area contributed by atoms with Gasteiger partial charge in [-0.05, 0) is 60.9 Å². The molecule has 0 radical (unpaired) electrons. The second-order valence-corrected chi connectivity index (χ2v) is 8.63. The summed E-state index contributed by atoms with van der Waals surface area (Å²) in [6, 6.07) is 11.2. The maximum Gasteiger partial charge on any atom is 0.244 e. The van der Waals surface area contributed by atoms with Crippen LogP contribution < -0.4 is 15.5 Å². The molecule has 5 nitrogen and oxygen atoms in total. The summed E-state index contributed by atoms with van der Waals surface area (Å²) < 4.78 is 26.6. The van der Waals surface area contributed by atoms with Crippen LogP contribution in [0, 0.1) is 17.6 Å². The Hall–Kier alpha value is -2.84. The second kappa shape index (κ2) is 9.98. The van der Waals surface area contributed by atoms with Crippen molar-refractivity contribution in [2.24, 2.45) is 11.7 Å². The van der Waals surface area contributed by atoms with E-state index in [2.05, 4.69) is 4.98 Å². The Morgan fingerprint density at radius 2 is 1.58 bits per heavy atom. The summed E-state index contributed by atoms with van der Waals surface area (Å²) in [6.45, 7) is 4.23. The Morgan fingerprint density at radius 1 is 1.03 bits per heavy atom. The number of carbonyl (C=O) groups excluding carboxylic acids is 1. The third-order valence-corrected chi connectivity index (χ3v) is 5.77. The van der Waals surface area contributed by atoms with E-state index in [1.807, 2.05) is 31.2 Å². The van der Waals surface area contributed by atoms with Gasteiger partial charge in [0.15, 0.2) is 5.13 Å². The van der Waals surface area contributed by atoms with Gasteiger partial charge in [0, 0.05) is 23.8 Å². The van der Waals surface area contributed by atoms with Crippen LogP contribution in [-0.2, 0) is 11.3 Å². The van der Waals surface area contributed by atoms with Crippen molar-refractivity contribution < 1.29 is 13.6 Å². The molecule has 3 rings (SSSR count). The molecule has 1 aromatic heterocycles. The van der Waals surface area contributed by atoms with Crippen molar-refractivity contribution in [1.82, 2.24) is 4.98 Å². The van der Waals surface area contributed by atoms with Crippen LogP contribution in [0.2, 0.25) is 0 Å². The van der Waals surface area contributed by atoms with Gasteiger partial charge in [0.25, 0.3) is 0 Å². The molecule has 0 fully saturated rings. The molecule has 3 aromatic rings. The number of aromatic nitrogens is 1. The van der Waals surface area contributed by atoms with E-state index in [1.165, 1.54) is 35.6 Å². The van der Waals surface area contributed by atoms with Gasteiger partial charge in [-0.3, -0.25) is 4.79 Å². The standard InChI is InChI=1S/C23H26F2N4OS/c1-15(2)12-21(26)22(30)29(20-10-6-17(25)7-11-20)13-18-14-31-23(27-18)28(3)19-8-4-16(24)5-9-19/h4-11,14-15,21H,12-13,26H2,1-3H3. The molecule has 1 unspecified atom stereocenters. The number of benzene rings is 2. The van der Waals surface area contributed by atoms with Crippen molar-refractivity contribution in [2.45, 2.75) is 32.9 Å². The van der Waals surface area contributed by atoms with Gasteiger partial charge in [0.1, 0.15) is 11.6 Å². The first kappa shape index (κ1) is 22.8. The molecule has 1 atom stereocenters. The Labute approximate surface area is 185 Å². The normalized spacial score (nSPS) is 12.1. The van der Waals surface area contributed by atoms with E-state index in [0.29, 0.717) is 22.9 Å². The van der Waals surface area contributed by atoms with Crippen LogP contribution in [0.15, 0.2) is 53.9 Å². The second-order valence-electron chi connectivity index (χ2n) is 7.79. The maximum absolute atomic E-state index is 13.4. The lowest BCUT2D eigenvalue weighted by atomic mass is 10.0. The molecule has 31 heavy (non-hydrogen) atoms. The molecule has 1 heterocycles. The lowest BCUT2D eigenvalue weighted by Crippen LogP contribution is -2.44. The van der Waals surface area contributed by atoms with Crippen molar-refractivity contribution in [2.75, 3.05) is 16.8 Å². The SMILES string of the molecule is CC(C)CC(N)C(=O)N(Cc1csc(N(C)c2ccc(F)cc2)n1)c1ccc(F)cc1. The van der Waals surface area contributed by atoms with Gasteiger partial charge in [0.05, 0.1) is 18.3 Å². The number of anilines is 3. The molecular weight excluding hydrogens is 418 g/mol. The van der Waals surface area contributed by atoms with Crippen LogP contribution in [0.3, 0.4) is 0 Å². The number of nitrogens with two attached hydrogens (primary N) is 1. The van der Waals surface area contributed by atoms with E-state index in [0.717, 1.165) is 5.69 Å². The molecule has 0 aliphatic carbocycles. The van der Waals surface area contributed by atoms with E-state index in [9.17, 15) is 13.6 Å². The molecule has 2 aromatic carbocycles. The van der Waals surface area contributed by atoms with Gasteiger partial charge in [-0.15, -0.1) is 11.3 Å². The van der Waals surface area contributed by atoms with Gasteiger partial charge < -0.3 is 15.5 Å². The maximum atomic E-state index is 13.4. The first-order valence-electron chi connectivity index (χ1n) is 10.0. The first-order chi connectivity index (χ1) is 14.7. The molecule has 2 N–H and O–H groups in total. The molecular formula is C23H26F2N4OS. The highest BCUT2D eigenvalue weighted by atomic mass is 32.1.